The molecule has 0 aliphatic rings. The Bertz CT molecular complexity index is 259. The van der Waals surface area contributed by atoms with Crippen molar-refractivity contribution in [2.75, 3.05) is 33.4 Å². The number of urea groups is 1. The van der Waals surface area contributed by atoms with Gasteiger partial charge >= 0.3 is 6.03 Å². The SMILES string of the molecule is C=C(C)COCCNC(=O)N(C)CC(C)(C)O. The summed E-state index contributed by atoms with van der Waals surface area (Å²) in [5.41, 5.74) is 0.0678. The largest absolute Gasteiger partial charge is 0.389 e. The number of ether oxygens (including phenoxy) is 1. The van der Waals surface area contributed by atoms with E-state index in [0.29, 0.717) is 19.8 Å². The summed E-state index contributed by atoms with van der Waals surface area (Å²) < 4.78 is 5.24. The zero-order valence-electron chi connectivity index (χ0n) is 11.2. The Kier molecular flexibility index (Phi) is 6.83. The normalized spacial score (nSPS) is 11.1. The number of carbonyl (C=O) groups excluding carboxylic acids is 1. The molecule has 0 heterocycles. The summed E-state index contributed by atoms with van der Waals surface area (Å²) in [6.45, 7) is 10.6. The van der Waals surface area contributed by atoms with Gasteiger partial charge in [-0.3, -0.25) is 0 Å². The van der Waals surface area contributed by atoms with Crippen molar-refractivity contribution in [2.45, 2.75) is 26.4 Å². The third kappa shape index (κ3) is 9.84. The summed E-state index contributed by atoms with van der Waals surface area (Å²) in [7, 11) is 1.64. The molecule has 0 aromatic carbocycles. The number of likely N-dealkylation sites (N-methyl/N-ethyl adjacent to an activating group) is 1. The highest BCUT2D eigenvalue weighted by molar-refractivity contribution is 5.73. The molecule has 100 valence electrons. The lowest BCUT2D eigenvalue weighted by Crippen LogP contribution is -2.45. The van der Waals surface area contributed by atoms with E-state index in [4.69, 9.17) is 4.74 Å². The second-order valence-electron chi connectivity index (χ2n) is 4.91. The first kappa shape index (κ1) is 15.9. The second-order valence-corrected chi connectivity index (χ2v) is 4.91. The van der Waals surface area contributed by atoms with Crippen LogP contribution in [0.3, 0.4) is 0 Å². The van der Waals surface area contributed by atoms with Gasteiger partial charge in [0, 0.05) is 13.6 Å². The first-order valence-electron chi connectivity index (χ1n) is 5.66. The van der Waals surface area contributed by atoms with Crippen LogP contribution in [0, 0.1) is 0 Å². The highest BCUT2D eigenvalue weighted by Gasteiger charge is 2.18. The number of amides is 2. The Labute approximate surface area is 103 Å². The number of hydrogen-bond donors (Lipinski definition) is 2. The lowest BCUT2D eigenvalue weighted by atomic mass is 10.1. The van der Waals surface area contributed by atoms with Gasteiger partial charge in [0.05, 0.1) is 25.4 Å². The van der Waals surface area contributed by atoms with Crippen molar-refractivity contribution >= 4 is 6.03 Å². The molecule has 0 fully saturated rings. The number of carbonyl (C=O) groups is 1. The summed E-state index contributed by atoms with van der Waals surface area (Å²) in [5, 5.41) is 12.3. The average Bonchev–Trinajstić information content (AvgIpc) is 2.13. The highest BCUT2D eigenvalue weighted by Crippen LogP contribution is 2.02. The maximum atomic E-state index is 11.5. The molecule has 0 aliphatic carbocycles. The van der Waals surface area contributed by atoms with Gasteiger partial charge in [-0.15, -0.1) is 0 Å². The van der Waals surface area contributed by atoms with Gasteiger partial charge in [0.25, 0.3) is 0 Å². The molecule has 0 aliphatic heterocycles. The molecule has 2 amide bonds. The van der Waals surface area contributed by atoms with E-state index >= 15 is 0 Å². The van der Waals surface area contributed by atoms with Crippen molar-refractivity contribution in [3.05, 3.63) is 12.2 Å². The molecule has 0 bridgehead atoms. The maximum absolute atomic E-state index is 11.5. The molecule has 0 aromatic rings. The fourth-order valence-electron chi connectivity index (χ4n) is 1.26. The molecular formula is C12H24N2O3. The molecule has 5 heteroatoms. The Morgan fingerprint density at radius 1 is 1.53 bits per heavy atom. The third-order valence-electron chi connectivity index (χ3n) is 1.84. The van der Waals surface area contributed by atoms with Gasteiger partial charge < -0.3 is 20.1 Å². The first-order chi connectivity index (χ1) is 7.72. The van der Waals surface area contributed by atoms with E-state index in [1.807, 2.05) is 6.92 Å². The van der Waals surface area contributed by atoms with Crippen LogP contribution in [-0.2, 0) is 4.74 Å². The van der Waals surface area contributed by atoms with Crippen molar-refractivity contribution in [3.8, 4) is 0 Å². The summed E-state index contributed by atoms with van der Waals surface area (Å²) in [6, 6.07) is -0.217. The van der Waals surface area contributed by atoms with Crippen molar-refractivity contribution in [2.24, 2.45) is 0 Å². The van der Waals surface area contributed by atoms with Crippen molar-refractivity contribution in [1.29, 1.82) is 0 Å². The van der Waals surface area contributed by atoms with Gasteiger partial charge in [-0.05, 0) is 20.8 Å². The van der Waals surface area contributed by atoms with Crippen LogP contribution in [0.2, 0.25) is 0 Å². The van der Waals surface area contributed by atoms with Crippen molar-refractivity contribution in [3.63, 3.8) is 0 Å². The Balaban J connectivity index is 3.68. The standard InChI is InChI=1S/C12H24N2O3/c1-10(2)8-17-7-6-13-11(15)14(5)9-12(3,4)16/h16H,1,6-9H2,2-5H3,(H,13,15). The van der Waals surface area contributed by atoms with Crippen molar-refractivity contribution < 1.29 is 14.6 Å². The number of hydrogen-bond acceptors (Lipinski definition) is 3. The zero-order valence-corrected chi connectivity index (χ0v) is 11.2. The van der Waals surface area contributed by atoms with Crippen LogP contribution in [0.4, 0.5) is 4.79 Å². The van der Waals surface area contributed by atoms with E-state index in [0.717, 1.165) is 5.57 Å². The molecule has 0 unspecified atom stereocenters. The van der Waals surface area contributed by atoms with E-state index < -0.39 is 5.60 Å². The summed E-state index contributed by atoms with van der Waals surface area (Å²) in [4.78, 5) is 13.0. The molecular weight excluding hydrogens is 220 g/mol. The van der Waals surface area contributed by atoms with Gasteiger partial charge in [0.2, 0.25) is 0 Å². The van der Waals surface area contributed by atoms with Crippen LogP contribution in [0.25, 0.3) is 0 Å². The molecule has 0 radical (unpaired) electrons. The van der Waals surface area contributed by atoms with E-state index in [-0.39, 0.29) is 12.6 Å². The van der Waals surface area contributed by atoms with Crippen LogP contribution in [0.5, 0.6) is 0 Å². The summed E-state index contributed by atoms with van der Waals surface area (Å²) >= 11 is 0. The monoisotopic (exact) mass is 244 g/mol. The minimum absolute atomic E-state index is 0.217. The molecule has 17 heavy (non-hydrogen) atoms. The molecule has 2 N–H and O–H groups in total. The number of nitrogens with zero attached hydrogens (tertiary/aromatic N) is 1. The quantitative estimate of drug-likeness (QED) is 0.518. The highest BCUT2D eigenvalue weighted by atomic mass is 16.5. The minimum atomic E-state index is -0.886. The first-order valence-corrected chi connectivity index (χ1v) is 5.66. The lowest BCUT2D eigenvalue weighted by molar-refractivity contribution is 0.0528. The van der Waals surface area contributed by atoms with E-state index in [2.05, 4.69) is 11.9 Å². The van der Waals surface area contributed by atoms with Crippen molar-refractivity contribution in [1.82, 2.24) is 10.2 Å². The van der Waals surface area contributed by atoms with E-state index in [1.165, 1.54) is 4.90 Å². The summed E-state index contributed by atoms with van der Waals surface area (Å²) in [6.07, 6.45) is 0. The average molecular weight is 244 g/mol. The predicted molar refractivity (Wildman–Crippen MR) is 68.0 cm³/mol. The van der Waals surface area contributed by atoms with Gasteiger partial charge in [-0.1, -0.05) is 12.2 Å². The molecule has 5 nitrogen and oxygen atoms in total. The Hall–Kier alpha value is -1.07. The fourth-order valence-corrected chi connectivity index (χ4v) is 1.26. The number of aliphatic hydroxyl groups is 1. The number of nitrogens with one attached hydrogen (secondary N) is 1. The zero-order chi connectivity index (χ0) is 13.5. The molecule has 0 aromatic heterocycles. The van der Waals surface area contributed by atoms with E-state index in [1.54, 1.807) is 20.9 Å². The number of rotatable bonds is 7. The Morgan fingerprint density at radius 2 is 2.12 bits per heavy atom. The van der Waals surface area contributed by atoms with E-state index in [9.17, 15) is 9.90 Å². The van der Waals surface area contributed by atoms with Gasteiger partial charge in [-0.2, -0.15) is 0 Å². The van der Waals surface area contributed by atoms with Crippen LogP contribution in [0.1, 0.15) is 20.8 Å². The lowest BCUT2D eigenvalue weighted by Gasteiger charge is -2.25. The Morgan fingerprint density at radius 3 is 2.59 bits per heavy atom. The van der Waals surface area contributed by atoms with Gasteiger partial charge in [0.1, 0.15) is 0 Å². The molecule has 0 rings (SSSR count). The minimum Gasteiger partial charge on any atom is -0.389 e. The predicted octanol–water partition coefficient (Wildman–Crippen LogP) is 0.991. The van der Waals surface area contributed by atoms with Gasteiger partial charge in [0.15, 0.2) is 0 Å². The topological polar surface area (TPSA) is 61.8 Å². The van der Waals surface area contributed by atoms with Gasteiger partial charge in [-0.25, -0.2) is 4.79 Å². The van der Waals surface area contributed by atoms with Crippen LogP contribution < -0.4 is 5.32 Å². The summed E-state index contributed by atoms with van der Waals surface area (Å²) in [5.74, 6) is 0. The maximum Gasteiger partial charge on any atom is 0.317 e. The fraction of sp³-hybridized carbons (Fsp3) is 0.750. The molecule has 0 saturated heterocycles. The molecule has 0 spiro atoms. The van der Waals surface area contributed by atoms with Crippen LogP contribution in [0.15, 0.2) is 12.2 Å². The molecule has 0 saturated carbocycles. The third-order valence-corrected chi connectivity index (χ3v) is 1.84. The van der Waals surface area contributed by atoms with Crippen LogP contribution in [-0.4, -0.2) is 55.0 Å². The smallest absolute Gasteiger partial charge is 0.317 e. The second kappa shape index (κ2) is 7.29. The molecule has 0 atom stereocenters. The van der Waals surface area contributed by atoms with Crippen LogP contribution >= 0.6 is 0 Å².